The third-order valence-electron chi connectivity index (χ3n) is 2.94. The lowest BCUT2D eigenvalue weighted by Gasteiger charge is -2.26. The smallest absolute Gasteiger partial charge is 0.311 e. The van der Waals surface area contributed by atoms with Crippen LogP contribution in [0.3, 0.4) is 0 Å². The lowest BCUT2D eigenvalue weighted by Crippen LogP contribution is -2.39. The summed E-state index contributed by atoms with van der Waals surface area (Å²) in [6, 6.07) is 2.92. The number of pyridine rings is 1. The number of nitrogens with zero attached hydrogens (tertiary/aromatic N) is 3. The van der Waals surface area contributed by atoms with Gasteiger partial charge in [-0.3, -0.25) is 15.0 Å². The first-order valence-electron chi connectivity index (χ1n) is 6.11. The molecule has 3 N–H and O–H groups in total. The molecule has 1 aliphatic rings. The fraction of sp³-hybridized carbons (Fsp3) is 0.545. The molecular weight excluding hydrogens is 250 g/mol. The minimum Gasteiger partial charge on any atom is -0.379 e. The Labute approximate surface area is 110 Å². The van der Waals surface area contributed by atoms with E-state index in [9.17, 15) is 10.1 Å². The molecule has 1 aliphatic heterocycles. The van der Waals surface area contributed by atoms with E-state index in [1.54, 1.807) is 6.07 Å². The fourth-order valence-corrected chi connectivity index (χ4v) is 1.89. The predicted molar refractivity (Wildman–Crippen MR) is 71.1 cm³/mol. The van der Waals surface area contributed by atoms with Crippen LogP contribution in [0.5, 0.6) is 0 Å². The van der Waals surface area contributed by atoms with Gasteiger partial charge in [0.2, 0.25) is 5.82 Å². The van der Waals surface area contributed by atoms with Crippen molar-refractivity contribution in [2.24, 2.45) is 0 Å². The Morgan fingerprint density at radius 2 is 2.21 bits per heavy atom. The van der Waals surface area contributed by atoms with E-state index in [4.69, 9.17) is 10.5 Å². The number of nitrogen functional groups attached to an aromatic ring is 1. The molecule has 2 heterocycles. The van der Waals surface area contributed by atoms with Crippen LogP contribution < -0.4 is 11.1 Å². The quantitative estimate of drug-likeness (QED) is 0.584. The SMILES string of the molecule is Nc1nc(NCCN2CCOCC2)ccc1[N+](=O)[O-]. The maximum Gasteiger partial charge on any atom is 0.311 e. The fourth-order valence-electron chi connectivity index (χ4n) is 1.89. The van der Waals surface area contributed by atoms with E-state index in [1.165, 1.54) is 6.07 Å². The molecule has 0 unspecified atom stereocenters. The van der Waals surface area contributed by atoms with Crippen LogP contribution in [0.15, 0.2) is 12.1 Å². The van der Waals surface area contributed by atoms with E-state index in [-0.39, 0.29) is 11.5 Å². The molecular formula is C11H17N5O3. The molecule has 8 nitrogen and oxygen atoms in total. The second kappa shape index (κ2) is 6.30. The summed E-state index contributed by atoms with van der Waals surface area (Å²) < 4.78 is 5.26. The molecule has 0 bridgehead atoms. The molecule has 1 saturated heterocycles. The molecule has 2 rings (SSSR count). The van der Waals surface area contributed by atoms with Crippen LogP contribution >= 0.6 is 0 Å². The Balaban J connectivity index is 1.82. The van der Waals surface area contributed by atoms with Gasteiger partial charge in [0.1, 0.15) is 5.82 Å². The van der Waals surface area contributed by atoms with Crippen molar-refractivity contribution < 1.29 is 9.66 Å². The average Bonchev–Trinajstić information content (AvgIpc) is 2.39. The van der Waals surface area contributed by atoms with Crippen LogP contribution in [0.25, 0.3) is 0 Å². The van der Waals surface area contributed by atoms with Crippen LogP contribution in [0.2, 0.25) is 0 Å². The maximum absolute atomic E-state index is 10.6. The number of nitro groups is 1. The maximum atomic E-state index is 10.6. The van der Waals surface area contributed by atoms with Crippen molar-refractivity contribution in [2.45, 2.75) is 0 Å². The van der Waals surface area contributed by atoms with E-state index < -0.39 is 4.92 Å². The van der Waals surface area contributed by atoms with E-state index in [0.717, 1.165) is 32.8 Å². The van der Waals surface area contributed by atoms with Gasteiger partial charge in [0.15, 0.2) is 0 Å². The van der Waals surface area contributed by atoms with Crippen molar-refractivity contribution in [3.63, 3.8) is 0 Å². The Kier molecular flexibility index (Phi) is 4.48. The normalized spacial score (nSPS) is 16.2. The minimum atomic E-state index is -0.542. The zero-order chi connectivity index (χ0) is 13.7. The summed E-state index contributed by atoms with van der Waals surface area (Å²) >= 11 is 0. The number of rotatable bonds is 5. The summed E-state index contributed by atoms with van der Waals surface area (Å²) in [5.74, 6) is 0.484. The largest absolute Gasteiger partial charge is 0.379 e. The van der Waals surface area contributed by atoms with Crippen LogP contribution in [0.1, 0.15) is 0 Å². The average molecular weight is 267 g/mol. The van der Waals surface area contributed by atoms with E-state index in [2.05, 4.69) is 15.2 Å². The van der Waals surface area contributed by atoms with Crippen LogP contribution in [-0.4, -0.2) is 54.2 Å². The summed E-state index contributed by atoms with van der Waals surface area (Å²) in [7, 11) is 0. The lowest BCUT2D eigenvalue weighted by atomic mass is 10.3. The van der Waals surface area contributed by atoms with Crippen LogP contribution in [0, 0.1) is 10.1 Å². The Bertz CT molecular complexity index is 448. The van der Waals surface area contributed by atoms with E-state index in [1.807, 2.05) is 0 Å². The Morgan fingerprint density at radius 3 is 2.84 bits per heavy atom. The second-order valence-electron chi connectivity index (χ2n) is 4.24. The molecule has 0 radical (unpaired) electrons. The first-order valence-corrected chi connectivity index (χ1v) is 6.11. The first kappa shape index (κ1) is 13.5. The van der Waals surface area contributed by atoms with Gasteiger partial charge in [0.05, 0.1) is 18.1 Å². The van der Waals surface area contributed by atoms with Gasteiger partial charge in [0, 0.05) is 32.2 Å². The summed E-state index contributed by atoms with van der Waals surface area (Å²) in [5, 5.41) is 13.7. The van der Waals surface area contributed by atoms with Gasteiger partial charge >= 0.3 is 5.69 Å². The molecule has 1 aromatic heterocycles. The zero-order valence-corrected chi connectivity index (χ0v) is 10.5. The van der Waals surface area contributed by atoms with Gasteiger partial charge in [-0.2, -0.15) is 0 Å². The van der Waals surface area contributed by atoms with Crippen molar-refractivity contribution in [3.05, 3.63) is 22.2 Å². The van der Waals surface area contributed by atoms with Crippen molar-refractivity contribution in [2.75, 3.05) is 50.4 Å². The van der Waals surface area contributed by atoms with Crippen LogP contribution in [-0.2, 0) is 4.74 Å². The van der Waals surface area contributed by atoms with Crippen molar-refractivity contribution in [3.8, 4) is 0 Å². The third-order valence-corrected chi connectivity index (χ3v) is 2.94. The van der Waals surface area contributed by atoms with E-state index >= 15 is 0 Å². The highest BCUT2D eigenvalue weighted by Crippen LogP contribution is 2.20. The number of hydrogen-bond acceptors (Lipinski definition) is 7. The number of nitrogens with one attached hydrogen (secondary N) is 1. The Hall–Kier alpha value is -1.93. The summed E-state index contributed by atoms with van der Waals surface area (Å²) in [4.78, 5) is 16.3. The molecule has 0 spiro atoms. The number of nitrogens with two attached hydrogens (primary N) is 1. The summed E-state index contributed by atoms with van der Waals surface area (Å²) in [5.41, 5.74) is 5.35. The number of aromatic nitrogens is 1. The van der Waals surface area contributed by atoms with Gasteiger partial charge < -0.3 is 15.8 Å². The summed E-state index contributed by atoms with van der Waals surface area (Å²) in [6.45, 7) is 4.98. The summed E-state index contributed by atoms with van der Waals surface area (Å²) in [6.07, 6.45) is 0. The van der Waals surface area contributed by atoms with Crippen molar-refractivity contribution in [1.29, 1.82) is 0 Å². The van der Waals surface area contributed by atoms with Gasteiger partial charge in [0.25, 0.3) is 0 Å². The molecule has 104 valence electrons. The van der Waals surface area contributed by atoms with Gasteiger partial charge in [-0.05, 0) is 6.07 Å². The number of ether oxygens (including phenoxy) is 1. The highest BCUT2D eigenvalue weighted by atomic mass is 16.6. The standard InChI is InChI=1S/C11H17N5O3/c12-11-9(16(17)18)1-2-10(14-11)13-3-4-15-5-7-19-8-6-15/h1-2H,3-8H2,(H3,12,13,14). The molecule has 1 aromatic rings. The van der Waals surface area contributed by atoms with E-state index in [0.29, 0.717) is 12.4 Å². The topological polar surface area (TPSA) is 107 Å². The zero-order valence-electron chi connectivity index (χ0n) is 10.5. The molecule has 0 aromatic carbocycles. The number of morpholine rings is 1. The lowest BCUT2D eigenvalue weighted by molar-refractivity contribution is -0.384. The molecule has 0 saturated carbocycles. The van der Waals surface area contributed by atoms with Crippen molar-refractivity contribution >= 4 is 17.3 Å². The highest BCUT2D eigenvalue weighted by molar-refractivity contribution is 5.57. The predicted octanol–water partition coefficient (Wildman–Crippen LogP) is 0.316. The third kappa shape index (κ3) is 3.76. The number of anilines is 2. The second-order valence-corrected chi connectivity index (χ2v) is 4.24. The van der Waals surface area contributed by atoms with Gasteiger partial charge in [-0.1, -0.05) is 0 Å². The Morgan fingerprint density at radius 1 is 1.47 bits per heavy atom. The first-order chi connectivity index (χ1) is 9.16. The highest BCUT2D eigenvalue weighted by Gasteiger charge is 2.13. The number of hydrogen-bond donors (Lipinski definition) is 2. The molecule has 1 fully saturated rings. The monoisotopic (exact) mass is 267 g/mol. The van der Waals surface area contributed by atoms with Gasteiger partial charge in [-0.25, -0.2) is 4.98 Å². The van der Waals surface area contributed by atoms with Gasteiger partial charge in [-0.15, -0.1) is 0 Å². The molecule has 19 heavy (non-hydrogen) atoms. The molecule has 0 amide bonds. The van der Waals surface area contributed by atoms with Crippen LogP contribution in [0.4, 0.5) is 17.3 Å². The molecule has 8 heteroatoms. The minimum absolute atomic E-state index is 0.0682. The van der Waals surface area contributed by atoms with Crippen molar-refractivity contribution in [1.82, 2.24) is 9.88 Å². The molecule has 0 atom stereocenters. The molecule has 0 aliphatic carbocycles.